The summed E-state index contributed by atoms with van der Waals surface area (Å²) in [6.07, 6.45) is 0.689. The highest BCUT2D eigenvalue weighted by Crippen LogP contribution is 1.84. The minimum atomic E-state index is -3.30. The lowest BCUT2D eigenvalue weighted by atomic mass is 10.6. The van der Waals surface area contributed by atoms with Gasteiger partial charge in [0.05, 0.1) is 5.75 Å². The standard InChI is InChI=1S/C4H9NO3S/c1-2-3-9(7,8)5-4-6/h4H,2-3H2,1H3,(H,5,6). The Hall–Kier alpha value is -0.580. The van der Waals surface area contributed by atoms with Crippen molar-refractivity contribution in [1.82, 2.24) is 4.72 Å². The van der Waals surface area contributed by atoms with Crippen LogP contribution in [0, 0.1) is 0 Å². The predicted octanol–water partition coefficient (Wildman–Crippen LogP) is -0.528. The highest BCUT2D eigenvalue weighted by atomic mass is 32.2. The number of amides is 1. The number of rotatable bonds is 4. The van der Waals surface area contributed by atoms with Crippen LogP contribution in [0.25, 0.3) is 0 Å². The van der Waals surface area contributed by atoms with Crippen LogP contribution in [0.15, 0.2) is 0 Å². The lowest BCUT2D eigenvalue weighted by molar-refractivity contribution is -0.108. The van der Waals surface area contributed by atoms with E-state index in [0.717, 1.165) is 0 Å². The van der Waals surface area contributed by atoms with Crippen molar-refractivity contribution in [3.63, 3.8) is 0 Å². The Morgan fingerprint density at radius 3 is 2.44 bits per heavy atom. The molecule has 9 heavy (non-hydrogen) atoms. The predicted molar refractivity (Wildman–Crippen MR) is 33.3 cm³/mol. The summed E-state index contributed by atoms with van der Waals surface area (Å²) in [4.78, 5) is 9.61. The second kappa shape index (κ2) is 3.45. The van der Waals surface area contributed by atoms with E-state index in [1.54, 1.807) is 11.6 Å². The normalized spacial score (nSPS) is 10.8. The fraction of sp³-hybridized carbons (Fsp3) is 0.750. The number of hydrogen-bond acceptors (Lipinski definition) is 3. The monoisotopic (exact) mass is 151 g/mol. The fourth-order valence-corrected chi connectivity index (χ4v) is 1.20. The van der Waals surface area contributed by atoms with Gasteiger partial charge in [0.2, 0.25) is 16.4 Å². The highest BCUT2D eigenvalue weighted by molar-refractivity contribution is 7.89. The first-order chi connectivity index (χ1) is 4.12. The van der Waals surface area contributed by atoms with Gasteiger partial charge >= 0.3 is 0 Å². The average Bonchev–Trinajstić information content (AvgIpc) is 1.64. The Labute approximate surface area is 54.3 Å². The molecule has 0 radical (unpaired) electrons. The quantitative estimate of drug-likeness (QED) is 0.549. The van der Waals surface area contributed by atoms with E-state index < -0.39 is 10.0 Å². The van der Waals surface area contributed by atoms with Crippen LogP contribution >= 0.6 is 0 Å². The van der Waals surface area contributed by atoms with Crippen LogP contribution in [-0.4, -0.2) is 20.6 Å². The van der Waals surface area contributed by atoms with Crippen LogP contribution in [0.2, 0.25) is 0 Å². The SMILES string of the molecule is CCCS(=O)(=O)NC=O. The molecule has 1 N–H and O–H groups in total. The van der Waals surface area contributed by atoms with Gasteiger partial charge in [0.1, 0.15) is 0 Å². The molecule has 0 unspecified atom stereocenters. The van der Waals surface area contributed by atoms with Gasteiger partial charge in [-0.25, -0.2) is 8.42 Å². The van der Waals surface area contributed by atoms with Crippen LogP contribution in [0.1, 0.15) is 13.3 Å². The van der Waals surface area contributed by atoms with E-state index in [-0.39, 0.29) is 12.2 Å². The Bertz CT molecular complexity index is 172. The van der Waals surface area contributed by atoms with E-state index in [0.29, 0.717) is 6.42 Å². The number of carbonyl (C=O) groups is 1. The Balaban J connectivity index is 3.88. The first-order valence-corrected chi connectivity index (χ1v) is 4.21. The van der Waals surface area contributed by atoms with Gasteiger partial charge in [-0.2, -0.15) is 0 Å². The second-order valence-corrected chi connectivity index (χ2v) is 3.43. The third-order valence-electron chi connectivity index (χ3n) is 0.701. The molecule has 0 bridgehead atoms. The molecule has 0 rings (SSSR count). The minimum Gasteiger partial charge on any atom is -0.278 e. The van der Waals surface area contributed by atoms with Gasteiger partial charge in [-0.1, -0.05) is 6.92 Å². The van der Waals surface area contributed by atoms with E-state index in [2.05, 4.69) is 0 Å². The zero-order valence-corrected chi connectivity index (χ0v) is 5.94. The second-order valence-electron chi connectivity index (χ2n) is 1.55. The van der Waals surface area contributed by atoms with E-state index in [1.165, 1.54) is 0 Å². The molecule has 0 heterocycles. The number of hydrogen-bond donors (Lipinski definition) is 1. The van der Waals surface area contributed by atoms with Gasteiger partial charge in [-0.05, 0) is 6.42 Å². The number of carbonyl (C=O) groups excluding carboxylic acids is 1. The van der Waals surface area contributed by atoms with E-state index >= 15 is 0 Å². The molecule has 54 valence electrons. The molecule has 0 aromatic carbocycles. The molecule has 0 saturated heterocycles. The molecule has 0 atom stereocenters. The Morgan fingerprint density at radius 1 is 1.56 bits per heavy atom. The summed E-state index contributed by atoms with van der Waals surface area (Å²) in [6.45, 7) is 1.73. The van der Waals surface area contributed by atoms with Crippen molar-refractivity contribution in [2.24, 2.45) is 0 Å². The van der Waals surface area contributed by atoms with E-state index in [4.69, 9.17) is 0 Å². The zero-order valence-electron chi connectivity index (χ0n) is 5.12. The molecular formula is C4H9NO3S. The molecule has 0 fully saturated rings. The van der Waals surface area contributed by atoms with Gasteiger partial charge in [-0.3, -0.25) is 9.52 Å². The van der Waals surface area contributed by atoms with E-state index in [9.17, 15) is 13.2 Å². The van der Waals surface area contributed by atoms with Crippen LogP contribution in [0.5, 0.6) is 0 Å². The van der Waals surface area contributed by atoms with Crippen LogP contribution in [0.4, 0.5) is 0 Å². The topological polar surface area (TPSA) is 63.2 Å². The summed E-state index contributed by atoms with van der Waals surface area (Å²) in [7, 11) is -3.30. The summed E-state index contributed by atoms with van der Waals surface area (Å²) < 4.78 is 22.7. The first kappa shape index (κ1) is 8.42. The van der Waals surface area contributed by atoms with Crippen molar-refractivity contribution in [2.75, 3.05) is 5.75 Å². The third-order valence-corrected chi connectivity index (χ3v) is 2.10. The summed E-state index contributed by atoms with van der Waals surface area (Å²) in [5, 5.41) is 0. The van der Waals surface area contributed by atoms with Crippen molar-refractivity contribution in [3.8, 4) is 0 Å². The maximum absolute atomic E-state index is 10.5. The lowest BCUT2D eigenvalue weighted by Crippen LogP contribution is -2.24. The maximum Gasteiger partial charge on any atom is 0.234 e. The van der Waals surface area contributed by atoms with Crippen molar-refractivity contribution < 1.29 is 13.2 Å². The van der Waals surface area contributed by atoms with Gasteiger partial charge in [0.25, 0.3) is 0 Å². The molecule has 0 aliphatic rings. The molecule has 5 heteroatoms. The zero-order chi connectivity index (χ0) is 7.33. The molecule has 4 nitrogen and oxygen atoms in total. The van der Waals surface area contributed by atoms with Crippen molar-refractivity contribution >= 4 is 16.4 Å². The molecule has 0 spiro atoms. The van der Waals surface area contributed by atoms with Gasteiger partial charge < -0.3 is 0 Å². The van der Waals surface area contributed by atoms with Gasteiger partial charge in [0.15, 0.2) is 0 Å². The van der Waals surface area contributed by atoms with Crippen molar-refractivity contribution in [2.45, 2.75) is 13.3 Å². The van der Waals surface area contributed by atoms with Gasteiger partial charge in [-0.15, -0.1) is 0 Å². The summed E-state index contributed by atoms with van der Waals surface area (Å²) in [6, 6.07) is 0. The molecule has 0 aromatic rings. The summed E-state index contributed by atoms with van der Waals surface area (Å²) in [5.74, 6) is 0.00569. The largest absolute Gasteiger partial charge is 0.278 e. The van der Waals surface area contributed by atoms with Crippen LogP contribution in [-0.2, 0) is 14.8 Å². The summed E-state index contributed by atoms with van der Waals surface area (Å²) >= 11 is 0. The first-order valence-electron chi connectivity index (χ1n) is 2.56. The molecule has 0 aromatic heterocycles. The smallest absolute Gasteiger partial charge is 0.234 e. The Kier molecular flexibility index (Phi) is 3.22. The van der Waals surface area contributed by atoms with Gasteiger partial charge in [0, 0.05) is 0 Å². The van der Waals surface area contributed by atoms with Crippen molar-refractivity contribution in [3.05, 3.63) is 0 Å². The number of nitrogens with one attached hydrogen (secondary N) is 1. The highest BCUT2D eigenvalue weighted by Gasteiger charge is 2.04. The van der Waals surface area contributed by atoms with E-state index in [1.807, 2.05) is 0 Å². The Morgan fingerprint density at radius 2 is 2.11 bits per heavy atom. The van der Waals surface area contributed by atoms with Crippen LogP contribution in [0.3, 0.4) is 0 Å². The summed E-state index contributed by atoms with van der Waals surface area (Å²) in [5.41, 5.74) is 0. The van der Waals surface area contributed by atoms with Crippen molar-refractivity contribution in [1.29, 1.82) is 0 Å². The fourth-order valence-electron chi connectivity index (χ4n) is 0.401. The third kappa shape index (κ3) is 3.96. The van der Waals surface area contributed by atoms with Crippen LogP contribution < -0.4 is 4.72 Å². The molecular weight excluding hydrogens is 142 g/mol. The molecule has 0 aliphatic heterocycles. The number of sulfonamides is 1. The molecule has 0 aliphatic carbocycles. The minimum absolute atomic E-state index is 0.00569. The maximum atomic E-state index is 10.5. The molecule has 0 saturated carbocycles. The average molecular weight is 151 g/mol. The lowest BCUT2D eigenvalue weighted by Gasteiger charge is -1.96. The molecule has 1 amide bonds.